The van der Waals surface area contributed by atoms with Crippen molar-refractivity contribution >= 4 is 0 Å². The number of nitrogens with one attached hydrogen (secondary N) is 1. The van der Waals surface area contributed by atoms with Crippen LogP contribution in [0.1, 0.15) is 40.5 Å². The predicted octanol–water partition coefficient (Wildman–Crippen LogP) is 2.09. The third-order valence-corrected chi connectivity index (χ3v) is 2.48. The lowest BCUT2D eigenvalue weighted by atomic mass is 9.95. The molecule has 0 heterocycles. The average Bonchev–Trinajstić information content (AvgIpc) is 2.04. The maximum absolute atomic E-state index is 8.89. The van der Waals surface area contributed by atoms with Crippen LogP contribution >= 0.6 is 0 Å². The maximum atomic E-state index is 8.89. The molecule has 1 atom stereocenters. The summed E-state index contributed by atoms with van der Waals surface area (Å²) in [7, 11) is 0. The summed E-state index contributed by atoms with van der Waals surface area (Å²) in [5.74, 6) is 0. The van der Waals surface area contributed by atoms with Crippen molar-refractivity contribution < 1.29 is 5.11 Å². The summed E-state index contributed by atoms with van der Waals surface area (Å²) in [6.45, 7) is 9.64. The first-order valence-electron chi connectivity index (χ1n) is 5.03. The van der Waals surface area contributed by atoms with Gasteiger partial charge in [0.15, 0.2) is 0 Å². The fourth-order valence-corrected chi connectivity index (χ4v) is 1.14. The Bertz CT molecular complexity index is 161. The van der Waals surface area contributed by atoms with E-state index in [-0.39, 0.29) is 12.1 Å². The molecule has 78 valence electrons. The quantitative estimate of drug-likeness (QED) is 0.621. The lowest BCUT2D eigenvalue weighted by Crippen LogP contribution is -2.42. The zero-order valence-corrected chi connectivity index (χ0v) is 9.35. The van der Waals surface area contributed by atoms with Crippen LogP contribution in [0.25, 0.3) is 0 Å². The normalized spacial score (nSPS) is 15.2. The summed E-state index contributed by atoms with van der Waals surface area (Å²) >= 11 is 0. The Balaban J connectivity index is 3.90. The van der Waals surface area contributed by atoms with E-state index in [1.807, 2.05) is 0 Å². The first-order chi connectivity index (χ1) is 6.04. The molecule has 0 aromatic heterocycles. The van der Waals surface area contributed by atoms with E-state index in [9.17, 15) is 0 Å². The number of hydrogen-bond donors (Lipinski definition) is 2. The van der Waals surface area contributed by atoms with Crippen LogP contribution in [0.2, 0.25) is 0 Å². The molecule has 0 aliphatic heterocycles. The first kappa shape index (κ1) is 12.7. The molecule has 0 saturated heterocycles. The van der Waals surface area contributed by atoms with Gasteiger partial charge in [0.05, 0.1) is 0 Å². The van der Waals surface area contributed by atoms with Gasteiger partial charge in [-0.15, -0.1) is 0 Å². The van der Waals surface area contributed by atoms with E-state index >= 15 is 0 Å². The SMILES string of the molecule is CCC(C)(CCO)NCC=C(C)C. The Labute approximate surface area is 82.0 Å². The molecule has 0 aromatic rings. The number of aliphatic hydroxyl groups is 1. The lowest BCUT2D eigenvalue weighted by Gasteiger charge is -2.28. The molecule has 0 rings (SSSR count). The number of aliphatic hydroxyl groups excluding tert-OH is 1. The summed E-state index contributed by atoms with van der Waals surface area (Å²) in [4.78, 5) is 0. The van der Waals surface area contributed by atoms with Crippen LogP contribution in [0.3, 0.4) is 0 Å². The van der Waals surface area contributed by atoms with Crippen molar-refractivity contribution in [2.75, 3.05) is 13.2 Å². The van der Waals surface area contributed by atoms with E-state index in [2.05, 4.69) is 39.1 Å². The van der Waals surface area contributed by atoms with Crippen LogP contribution in [-0.4, -0.2) is 23.8 Å². The van der Waals surface area contributed by atoms with Gasteiger partial charge in [-0.3, -0.25) is 0 Å². The monoisotopic (exact) mass is 185 g/mol. The molecule has 0 spiro atoms. The largest absolute Gasteiger partial charge is 0.396 e. The molecule has 0 radical (unpaired) electrons. The smallest absolute Gasteiger partial charge is 0.0448 e. The highest BCUT2D eigenvalue weighted by Crippen LogP contribution is 2.13. The number of allylic oxidation sites excluding steroid dienone is 1. The average molecular weight is 185 g/mol. The van der Waals surface area contributed by atoms with Gasteiger partial charge in [-0.1, -0.05) is 18.6 Å². The van der Waals surface area contributed by atoms with Gasteiger partial charge in [0.25, 0.3) is 0 Å². The highest BCUT2D eigenvalue weighted by molar-refractivity contribution is 4.96. The van der Waals surface area contributed by atoms with Crippen LogP contribution in [-0.2, 0) is 0 Å². The van der Waals surface area contributed by atoms with Crippen LogP contribution in [0.15, 0.2) is 11.6 Å². The lowest BCUT2D eigenvalue weighted by molar-refractivity contribution is 0.219. The van der Waals surface area contributed by atoms with Crippen LogP contribution in [0, 0.1) is 0 Å². The molecule has 2 nitrogen and oxygen atoms in total. The molecule has 0 aromatic carbocycles. The van der Waals surface area contributed by atoms with Crippen LogP contribution in [0.5, 0.6) is 0 Å². The third-order valence-electron chi connectivity index (χ3n) is 2.48. The second-order valence-corrected chi connectivity index (χ2v) is 4.05. The molecule has 0 bridgehead atoms. The minimum atomic E-state index is 0.0840. The Morgan fingerprint density at radius 1 is 1.46 bits per heavy atom. The van der Waals surface area contributed by atoms with Gasteiger partial charge in [0, 0.05) is 18.7 Å². The van der Waals surface area contributed by atoms with Crippen molar-refractivity contribution in [3.05, 3.63) is 11.6 Å². The van der Waals surface area contributed by atoms with E-state index in [0.717, 1.165) is 19.4 Å². The molecule has 0 amide bonds. The van der Waals surface area contributed by atoms with E-state index in [4.69, 9.17) is 5.11 Å². The van der Waals surface area contributed by atoms with Gasteiger partial charge in [-0.05, 0) is 33.6 Å². The zero-order chi connectivity index (χ0) is 10.3. The molecule has 2 N–H and O–H groups in total. The van der Waals surface area contributed by atoms with E-state index in [1.54, 1.807) is 0 Å². The summed E-state index contributed by atoms with van der Waals surface area (Å²) < 4.78 is 0. The zero-order valence-electron chi connectivity index (χ0n) is 9.35. The van der Waals surface area contributed by atoms with Crippen molar-refractivity contribution in [1.82, 2.24) is 5.32 Å². The minimum Gasteiger partial charge on any atom is -0.396 e. The van der Waals surface area contributed by atoms with Gasteiger partial charge >= 0.3 is 0 Å². The van der Waals surface area contributed by atoms with Gasteiger partial charge < -0.3 is 10.4 Å². The Hall–Kier alpha value is -0.340. The Morgan fingerprint density at radius 2 is 2.08 bits per heavy atom. The van der Waals surface area contributed by atoms with Gasteiger partial charge in [0.1, 0.15) is 0 Å². The molecule has 0 saturated carbocycles. The van der Waals surface area contributed by atoms with Crippen molar-refractivity contribution in [1.29, 1.82) is 0 Å². The topological polar surface area (TPSA) is 32.3 Å². The fraction of sp³-hybridized carbons (Fsp3) is 0.818. The molecule has 1 unspecified atom stereocenters. The van der Waals surface area contributed by atoms with Crippen LogP contribution in [0.4, 0.5) is 0 Å². The summed E-state index contributed by atoms with van der Waals surface area (Å²) in [6.07, 6.45) is 4.04. The molecule has 2 heteroatoms. The van der Waals surface area contributed by atoms with Gasteiger partial charge in [-0.25, -0.2) is 0 Å². The summed E-state index contributed by atoms with van der Waals surface area (Å²) in [5.41, 5.74) is 1.41. The second kappa shape index (κ2) is 6.17. The van der Waals surface area contributed by atoms with Crippen molar-refractivity contribution in [3.8, 4) is 0 Å². The summed E-state index contributed by atoms with van der Waals surface area (Å²) in [6, 6.07) is 0. The predicted molar refractivity (Wildman–Crippen MR) is 57.8 cm³/mol. The molecular weight excluding hydrogens is 162 g/mol. The summed E-state index contributed by atoms with van der Waals surface area (Å²) in [5, 5.41) is 12.3. The standard InChI is InChI=1S/C11H23NO/c1-5-11(4,7-9-13)12-8-6-10(2)3/h6,12-13H,5,7-9H2,1-4H3. The number of hydrogen-bond acceptors (Lipinski definition) is 2. The van der Waals surface area contributed by atoms with Crippen molar-refractivity contribution in [2.24, 2.45) is 0 Å². The minimum absolute atomic E-state index is 0.0840. The molecular formula is C11H23NO. The van der Waals surface area contributed by atoms with E-state index in [1.165, 1.54) is 5.57 Å². The highest BCUT2D eigenvalue weighted by Gasteiger charge is 2.19. The van der Waals surface area contributed by atoms with Gasteiger partial charge in [0.2, 0.25) is 0 Å². The van der Waals surface area contributed by atoms with Gasteiger partial charge in [-0.2, -0.15) is 0 Å². The molecule has 0 fully saturated rings. The Kier molecular flexibility index (Phi) is 6.00. The highest BCUT2D eigenvalue weighted by atomic mass is 16.3. The molecule has 0 aliphatic rings. The van der Waals surface area contributed by atoms with Crippen LogP contribution < -0.4 is 5.32 Å². The third kappa shape index (κ3) is 5.83. The molecule has 0 aliphatic carbocycles. The van der Waals surface area contributed by atoms with E-state index in [0.29, 0.717) is 0 Å². The van der Waals surface area contributed by atoms with E-state index < -0.39 is 0 Å². The number of rotatable bonds is 6. The Morgan fingerprint density at radius 3 is 2.46 bits per heavy atom. The second-order valence-electron chi connectivity index (χ2n) is 4.05. The van der Waals surface area contributed by atoms with Crippen molar-refractivity contribution in [2.45, 2.75) is 46.1 Å². The molecule has 13 heavy (non-hydrogen) atoms. The fourth-order valence-electron chi connectivity index (χ4n) is 1.14. The maximum Gasteiger partial charge on any atom is 0.0448 e. The van der Waals surface area contributed by atoms with Crippen molar-refractivity contribution in [3.63, 3.8) is 0 Å². The first-order valence-corrected chi connectivity index (χ1v) is 5.03.